The molecule has 0 radical (unpaired) electrons. The van der Waals surface area contributed by atoms with Crippen LogP contribution in [0.4, 0.5) is 10.5 Å². The molecule has 1 heterocycles. The summed E-state index contributed by atoms with van der Waals surface area (Å²) in [7, 11) is 0. The lowest BCUT2D eigenvalue weighted by molar-refractivity contribution is -0.119. The molecule has 0 aliphatic carbocycles. The van der Waals surface area contributed by atoms with Crippen molar-refractivity contribution in [3.63, 3.8) is 0 Å². The van der Waals surface area contributed by atoms with E-state index in [4.69, 9.17) is 4.74 Å². The SMILES string of the molecule is CC(C)c1cc(Br)ccc1NC(=O)[C@@H]1CSCN1C(=O)OCc1ccccc1. The van der Waals surface area contributed by atoms with Gasteiger partial charge >= 0.3 is 6.09 Å². The van der Waals surface area contributed by atoms with Gasteiger partial charge < -0.3 is 10.1 Å². The fourth-order valence-electron chi connectivity index (χ4n) is 2.98. The molecule has 0 unspecified atom stereocenters. The molecule has 1 N–H and O–H groups in total. The normalized spacial score (nSPS) is 16.3. The average Bonchev–Trinajstić information content (AvgIpc) is 3.18. The summed E-state index contributed by atoms with van der Waals surface area (Å²) in [4.78, 5) is 26.9. The van der Waals surface area contributed by atoms with E-state index in [0.29, 0.717) is 11.6 Å². The minimum atomic E-state index is -0.545. The Labute approximate surface area is 178 Å². The number of benzene rings is 2. The minimum absolute atomic E-state index is 0.189. The van der Waals surface area contributed by atoms with E-state index in [-0.39, 0.29) is 18.4 Å². The van der Waals surface area contributed by atoms with Gasteiger partial charge in [-0.15, -0.1) is 11.8 Å². The van der Waals surface area contributed by atoms with Gasteiger partial charge in [-0.05, 0) is 35.2 Å². The van der Waals surface area contributed by atoms with Gasteiger partial charge in [-0.3, -0.25) is 9.69 Å². The van der Waals surface area contributed by atoms with E-state index >= 15 is 0 Å². The van der Waals surface area contributed by atoms with Gasteiger partial charge in [0.25, 0.3) is 0 Å². The monoisotopic (exact) mass is 462 g/mol. The van der Waals surface area contributed by atoms with Crippen molar-refractivity contribution in [3.8, 4) is 0 Å². The molecule has 7 heteroatoms. The first-order valence-corrected chi connectivity index (χ1v) is 11.1. The van der Waals surface area contributed by atoms with E-state index in [1.165, 1.54) is 4.90 Å². The van der Waals surface area contributed by atoms with Gasteiger partial charge in [0.05, 0.1) is 5.88 Å². The van der Waals surface area contributed by atoms with E-state index in [1.54, 1.807) is 11.8 Å². The zero-order chi connectivity index (χ0) is 20.1. The predicted octanol–water partition coefficient (Wildman–Crippen LogP) is 5.22. The van der Waals surface area contributed by atoms with Crippen LogP contribution in [-0.4, -0.2) is 34.6 Å². The van der Waals surface area contributed by atoms with Crippen molar-refractivity contribution in [2.75, 3.05) is 16.9 Å². The van der Waals surface area contributed by atoms with Gasteiger partial charge in [0.2, 0.25) is 5.91 Å². The Hall–Kier alpha value is -1.99. The number of ether oxygens (including phenoxy) is 1. The van der Waals surface area contributed by atoms with Crippen molar-refractivity contribution >= 4 is 45.4 Å². The van der Waals surface area contributed by atoms with Gasteiger partial charge in [0, 0.05) is 15.9 Å². The van der Waals surface area contributed by atoms with E-state index < -0.39 is 12.1 Å². The maximum atomic E-state index is 12.9. The molecule has 1 atom stereocenters. The molecular formula is C21H23BrN2O3S. The maximum absolute atomic E-state index is 12.9. The quantitative estimate of drug-likeness (QED) is 0.661. The number of nitrogens with zero attached hydrogens (tertiary/aromatic N) is 1. The number of amides is 2. The van der Waals surface area contributed by atoms with Crippen LogP contribution in [0, 0.1) is 0 Å². The number of hydrogen-bond donors (Lipinski definition) is 1. The molecule has 0 spiro atoms. The van der Waals surface area contributed by atoms with Gasteiger partial charge in [-0.2, -0.15) is 0 Å². The first-order chi connectivity index (χ1) is 13.5. The van der Waals surface area contributed by atoms with E-state index in [2.05, 4.69) is 35.1 Å². The molecule has 28 heavy (non-hydrogen) atoms. The van der Waals surface area contributed by atoms with Crippen LogP contribution in [0.5, 0.6) is 0 Å². The molecule has 0 bridgehead atoms. The van der Waals surface area contributed by atoms with Gasteiger partial charge in [0.1, 0.15) is 12.6 Å². The highest BCUT2D eigenvalue weighted by Crippen LogP contribution is 2.29. The van der Waals surface area contributed by atoms with Crippen molar-refractivity contribution in [3.05, 3.63) is 64.1 Å². The second kappa shape index (κ2) is 9.47. The topological polar surface area (TPSA) is 58.6 Å². The molecule has 1 aliphatic rings. The standard InChI is InChI=1S/C21H23BrN2O3S/c1-14(2)17-10-16(22)8-9-18(17)23-20(25)19-12-28-13-24(19)21(26)27-11-15-6-4-3-5-7-15/h3-10,14,19H,11-13H2,1-2H3,(H,23,25)/t19-/m0/s1. The number of nitrogens with one attached hydrogen (secondary N) is 1. The highest BCUT2D eigenvalue weighted by Gasteiger charge is 2.36. The summed E-state index contributed by atoms with van der Waals surface area (Å²) in [5.74, 6) is 1.08. The molecule has 0 aromatic heterocycles. The zero-order valence-electron chi connectivity index (χ0n) is 15.9. The lowest BCUT2D eigenvalue weighted by atomic mass is 10.0. The second-order valence-electron chi connectivity index (χ2n) is 6.90. The number of thioether (sulfide) groups is 1. The van der Waals surface area contributed by atoms with Crippen molar-refractivity contribution in [1.82, 2.24) is 4.90 Å². The van der Waals surface area contributed by atoms with Crippen LogP contribution >= 0.6 is 27.7 Å². The first-order valence-electron chi connectivity index (χ1n) is 9.11. The molecular weight excluding hydrogens is 440 g/mol. The molecule has 3 rings (SSSR count). The van der Waals surface area contributed by atoms with Crippen molar-refractivity contribution in [2.24, 2.45) is 0 Å². The van der Waals surface area contributed by atoms with E-state index in [0.717, 1.165) is 21.3 Å². The lowest BCUT2D eigenvalue weighted by Crippen LogP contribution is -2.44. The molecule has 1 aliphatic heterocycles. The van der Waals surface area contributed by atoms with Crippen molar-refractivity contribution in [1.29, 1.82) is 0 Å². The fraction of sp³-hybridized carbons (Fsp3) is 0.333. The summed E-state index contributed by atoms with van der Waals surface area (Å²) in [5.41, 5.74) is 2.74. The molecule has 2 amide bonds. The predicted molar refractivity (Wildman–Crippen MR) is 116 cm³/mol. The summed E-state index contributed by atoms with van der Waals surface area (Å²) >= 11 is 5.03. The third-order valence-electron chi connectivity index (χ3n) is 4.52. The fourth-order valence-corrected chi connectivity index (χ4v) is 4.50. The molecule has 1 fully saturated rings. The van der Waals surface area contributed by atoms with Gasteiger partial charge in [-0.1, -0.05) is 60.1 Å². The Balaban J connectivity index is 1.65. The van der Waals surface area contributed by atoms with Gasteiger partial charge in [0.15, 0.2) is 0 Å². The summed E-state index contributed by atoms with van der Waals surface area (Å²) in [6.07, 6.45) is -0.464. The minimum Gasteiger partial charge on any atom is -0.445 e. The van der Waals surface area contributed by atoms with Crippen LogP contribution < -0.4 is 5.32 Å². The highest BCUT2D eigenvalue weighted by atomic mass is 79.9. The maximum Gasteiger partial charge on any atom is 0.411 e. The van der Waals surface area contributed by atoms with Crippen molar-refractivity contribution < 1.29 is 14.3 Å². The van der Waals surface area contributed by atoms with Crippen LogP contribution in [0.25, 0.3) is 0 Å². The molecule has 148 valence electrons. The smallest absolute Gasteiger partial charge is 0.411 e. The summed E-state index contributed by atoms with van der Waals surface area (Å²) in [6, 6.07) is 14.8. The summed E-state index contributed by atoms with van der Waals surface area (Å²) < 4.78 is 6.38. The Morgan fingerprint density at radius 3 is 2.71 bits per heavy atom. The number of hydrogen-bond acceptors (Lipinski definition) is 4. The van der Waals surface area contributed by atoms with Crippen LogP contribution in [0.1, 0.15) is 30.9 Å². The number of carbonyl (C=O) groups excluding carboxylic acids is 2. The third kappa shape index (κ3) is 5.08. The molecule has 5 nitrogen and oxygen atoms in total. The zero-order valence-corrected chi connectivity index (χ0v) is 18.3. The Morgan fingerprint density at radius 1 is 1.25 bits per heavy atom. The number of anilines is 1. The summed E-state index contributed by atoms with van der Waals surface area (Å²) in [6.45, 7) is 4.35. The Kier molecular flexibility index (Phi) is 7.02. The van der Waals surface area contributed by atoms with Crippen LogP contribution in [0.15, 0.2) is 53.0 Å². The van der Waals surface area contributed by atoms with Crippen molar-refractivity contribution in [2.45, 2.75) is 32.4 Å². The van der Waals surface area contributed by atoms with Crippen LogP contribution in [-0.2, 0) is 16.1 Å². The molecule has 1 saturated heterocycles. The molecule has 2 aromatic rings. The number of carbonyl (C=O) groups is 2. The van der Waals surface area contributed by atoms with E-state index in [9.17, 15) is 9.59 Å². The third-order valence-corrected chi connectivity index (χ3v) is 6.02. The highest BCUT2D eigenvalue weighted by molar-refractivity contribution is 9.10. The van der Waals surface area contributed by atoms with Crippen LogP contribution in [0.2, 0.25) is 0 Å². The Bertz CT molecular complexity index is 845. The van der Waals surface area contributed by atoms with Crippen LogP contribution in [0.3, 0.4) is 0 Å². The molecule has 2 aromatic carbocycles. The summed E-state index contributed by atoms with van der Waals surface area (Å²) in [5, 5.41) is 3.00. The van der Waals surface area contributed by atoms with E-state index in [1.807, 2.05) is 48.5 Å². The lowest BCUT2D eigenvalue weighted by Gasteiger charge is -2.23. The number of halogens is 1. The Morgan fingerprint density at radius 2 is 2.00 bits per heavy atom. The first kappa shape index (κ1) is 20.7. The number of rotatable bonds is 5. The average molecular weight is 463 g/mol. The van der Waals surface area contributed by atoms with Gasteiger partial charge in [-0.25, -0.2) is 4.79 Å². The second-order valence-corrected chi connectivity index (χ2v) is 8.82. The largest absolute Gasteiger partial charge is 0.445 e. The molecule has 0 saturated carbocycles.